The van der Waals surface area contributed by atoms with Gasteiger partial charge in [0.25, 0.3) is 0 Å². The smallest absolute Gasteiger partial charge is 0.0593 e. The van der Waals surface area contributed by atoms with Crippen LogP contribution in [0.4, 0.5) is 0 Å². The molecule has 0 saturated heterocycles. The van der Waals surface area contributed by atoms with Gasteiger partial charge in [0, 0.05) is 32.8 Å². The summed E-state index contributed by atoms with van der Waals surface area (Å²) in [6, 6.07) is 10.8. The van der Waals surface area contributed by atoms with Crippen molar-refractivity contribution in [2.24, 2.45) is 0 Å². The van der Waals surface area contributed by atoms with Gasteiger partial charge in [-0.25, -0.2) is 0 Å². The van der Waals surface area contributed by atoms with E-state index in [9.17, 15) is 0 Å². The number of nitrogens with zero attached hydrogens (tertiary/aromatic N) is 1. The lowest BCUT2D eigenvalue weighted by molar-refractivity contribution is 0.0692. The molecule has 1 aromatic carbocycles. The third-order valence-corrected chi connectivity index (χ3v) is 7.95. The molecular formula is C39H69NO2. The van der Waals surface area contributed by atoms with Gasteiger partial charge in [-0.3, -0.25) is 4.90 Å². The van der Waals surface area contributed by atoms with Gasteiger partial charge < -0.3 is 9.47 Å². The van der Waals surface area contributed by atoms with Crippen molar-refractivity contribution in [3.63, 3.8) is 0 Å². The van der Waals surface area contributed by atoms with Crippen LogP contribution in [0.25, 0.3) is 0 Å². The van der Waals surface area contributed by atoms with Crippen molar-refractivity contribution < 1.29 is 9.47 Å². The minimum absolute atomic E-state index is 0.811. The van der Waals surface area contributed by atoms with Gasteiger partial charge in [-0.15, -0.1) is 0 Å². The maximum atomic E-state index is 6.03. The Morgan fingerprint density at radius 3 is 1.33 bits per heavy atom. The van der Waals surface area contributed by atoms with Crippen LogP contribution in [-0.2, 0) is 16.0 Å². The Morgan fingerprint density at radius 1 is 0.476 bits per heavy atom. The van der Waals surface area contributed by atoms with Crippen LogP contribution in [0.1, 0.15) is 148 Å². The summed E-state index contributed by atoms with van der Waals surface area (Å²) in [5.74, 6) is 0. The molecule has 3 heteroatoms. The van der Waals surface area contributed by atoms with Crippen LogP contribution >= 0.6 is 0 Å². The third kappa shape index (κ3) is 27.4. The van der Waals surface area contributed by atoms with E-state index in [0.717, 1.165) is 46.1 Å². The number of unbranched alkanes of at least 4 members (excludes halogenated alkanes) is 16. The first-order valence-electron chi connectivity index (χ1n) is 18.1. The maximum absolute atomic E-state index is 6.03. The first-order chi connectivity index (χ1) is 20.9. The Hall–Kier alpha value is -1.42. The summed E-state index contributed by atoms with van der Waals surface area (Å²) in [6.07, 6.45) is 35.6. The lowest BCUT2D eigenvalue weighted by Crippen LogP contribution is -2.31. The van der Waals surface area contributed by atoms with Crippen LogP contribution in [0.2, 0.25) is 0 Å². The first-order valence-corrected chi connectivity index (χ1v) is 18.1. The molecule has 0 spiro atoms. The fraction of sp³-hybridized carbons (Fsp3) is 0.744. The van der Waals surface area contributed by atoms with Crippen molar-refractivity contribution in [1.29, 1.82) is 0 Å². The highest BCUT2D eigenvalue weighted by atomic mass is 16.5. The number of allylic oxidation sites excluding steroid dienone is 4. The van der Waals surface area contributed by atoms with E-state index in [1.54, 1.807) is 0 Å². The number of hydrogen-bond acceptors (Lipinski definition) is 3. The van der Waals surface area contributed by atoms with Crippen LogP contribution in [0, 0.1) is 0 Å². The van der Waals surface area contributed by atoms with Crippen LogP contribution in [-0.4, -0.2) is 44.4 Å². The molecule has 0 heterocycles. The van der Waals surface area contributed by atoms with E-state index in [-0.39, 0.29) is 0 Å². The second kappa shape index (κ2) is 32.5. The van der Waals surface area contributed by atoms with Crippen molar-refractivity contribution in [3.05, 3.63) is 60.2 Å². The molecule has 0 amide bonds. The molecule has 1 rings (SSSR count). The van der Waals surface area contributed by atoms with Gasteiger partial charge in [0.05, 0.1) is 13.2 Å². The molecule has 0 radical (unpaired) electrons. The van der Waals surface area contributed by atoms with Crippen molar-refractivity contribution >= 4 is 0 Å². The summed E-state index contributed by atoms with van der Waals surface area (Å²) >= 11 is 0. The standard InChI is InChI=1S/C39H69NO2/c1-3-5-7-9-11-13-15-17-19-21-23-28-34-41-36-32-40(38-39-30-26-25-27-31-39)33-37-42-35-29-24-22-20-18-16-14-12-10-8-6-4-2/h9-12,25-27,30-31H,3-8,13-24,28-29,32-38H2,1-2H3/b11-9-,12-10-. The molecule has 42 heavy (non-hydrogen) atoms. The van der Waals surface area contributed by atoms with Crippen LogP contribution in [0.5, 0.6) is 0 Å². The summed E-state index contributed by atoms with van der Waals surface area (Å²) < 4.78 is 12.1. The molecular weight excluding hydrogens is 514 g/mol. The minimum Gasteiger partial charge on any atom is -0.380 e. The second-order valence-corrected chi connectivity index (χ2v) is 12.0. The molecule has 0 fully saturated rings. The molecule has 0 N–H and O–H groups in total. The van der Waals surface area contributed by atoms with Crippen molar-refractivity contribution in [3.8, 4) is 0 Å². The topological polar surface area (TPSA) is 21.7 Å². The van der Waals surface area contributed by atoms with E-state index >= 15 is 0 Å². The molecule has 0 bridgehead atoms. The molecule has 1 aromatic rings. The Kier molecular flexibility index (Phi) is 29.9. The predicted molar refractivity (Wildman–Crippen MR) is 185 cm³/mol. The van der Waals surface area contributed by atoms with Gasteiger partial charge in [0.1, 0.15) is 0 Å². The third-order valence-electron chi connectivity index (χ3n) is 7.95. The van der Waals surface area contributed by atoms with Gasteiger partial charge in [-0.1, -0.05) is 146 Å². The Labute approximate surface area is 262 Å². The quantitative estimate of drug-likeness (QED) is 0.0622. The lowest BCUT2D eigenvalue weighted by atomic mass is 10.1. The van der Waals surface area contributed by atoms with Gasteiger partial charge >= 0.3 is 0 Å². The Balaban J connectivity index is 2.03. The van der Waals surface area contributed by atoms with Gasteiger partial charge in [0.15, 0.2) is 0 Å². The first kappa shape index (κ1) is 38.6. The fourth-order valence-corrected chi connectivity index (χ4v) is 5.17. The zero-order valence-corrected chi connectivity index (χ0v) is 28.1. The van der Waals surface area contributed by atoms with Crippen LogP contribution in [0.15, 0.2) is 54.6 Å². The number of hydrogen-bond donors (Lipinski definition) is 0. The summed E-state index contributed by atoms with van der Waals surface area (Å²) in [5, 5.41) is 0. The molecule has 0 saturated carbocycles. The average Bonchev–Trinajstić information content (AvgIpc) is 3.01. The zero-order chi connectivity index (χ0) is 30.0. The highest BCUT2D eigenvalue weighted by Crippen LogP contribution is 2.10. The van der Waals surface area contributed by atoms with E-state index in [4.69, 9.17) is 9.47 Å². The van der Waals surface area contributed by atoms with Gasteiger partial charge in [0.2, 0.25) is 0 Å². The SMILES string of the molecule is CCCC/C=C\CCCCCCCCOCCN(CCOCCCCCCCC/C=C\CCCC)Cc1ccccc1. The molecule has 3 nitrogen and oxygen atoms in total. The largest absolute Gasteiger partial charge is 0.380 e. The summed E-state index contributed by atoms with van der Waals surface area (Å²) in [6.45, 7) is 10.8. The molecule has 0 aliphatic heterocycles. The van der Waals surface area contributed by atoms with E-state index in [0.29, 0.717) is 0 Å². The van der Waals surface area contributed by atoms with E-state index in [1.165, 1.54) is 134 Å². The lowest BCUT2D eigenvalue weighted by Gasteiger charge is -2.22. The summed E-state index contributed by atoms with van der Waals surface area (Å²) in [4.78, 5) is 2.49. The summed E-state index contributed by atoms with van der Waals surface area (Å²) in [5.41, 5.74) is 1.37. The molecule has 0 aliphatic carbocycles. The van der Waals surface area contributed by atoms with E-state index < -0.39 is 0 Å². The zero-order valence-electron chi connectivity index (χ0n) is 28.1. The van der Waals surface area contributed by atoms with Crippen LogP contribution in [0.3, 0.4) is 0 Å². The van der Waals surface area contributed by atoms with Crippen molar-refractivity contribution in [2.45, 2.75) is 149 Å². The normalized spacial score (nSPS) is 12.0. The summed E-state index contributed by atoms with van der Waals surface area (Å²) in [7, 11) is 0. The molecule has 242 valence electrons. The van der Waals surface area contributed by atoms with Crippen LogP contribution < -0.4 is 0 Å². The fourth-order valence-electron chi connectivity index (χ4n) is 5.17. The molecule has 0 unspecified atom stereocenters. The number of benzene rings is 1. The van der Waals surface area contributed by atoms with Gasteiger partial charge in [-0.2, -0.15) is 0 Å². The maximum Gasteiger partial charge on any atom is 0.0593 e. The monoisotopic (exact) mass is 584 g/mol. The second-order valence-electron chi connectivity index (χ2n) is 12.0. The van der Waals surface area contributed by atoms with Crippen molar-refractivity contribution in [1.82, 2.24) is 4.90 Å². The molecule has 0 aliphatic rings. The number of rotatable bonds is 32. The predicted octanol–water partition coefficient (Wildman–Crippen LogP) is 11.5. The van der Waals surface area contributed by atoms with Crippen molar-refractivity contribution in [2.75, 3.05) is 39.5 Å². The molecule has 0 atom stereocenters. The van der Waals surface area contributed by atoms with E-state index in [1.807, 2.05) is 0 Å². The van der Waals surface area contributed by atoms with Gasteiger partial charge in [-0.05, 0) is 56.9 Å². The average molecular weight is 584 g/mol. The molecule has 0 aromatic heterocycles. The highest BCUT2D eigenvalue weighted by Gasteiger charge is 2.06. The Bertz CT molecular complexity index is 662. The highest BCUT2D eigenvalue weighted by molar-refractivity contribution is 5.14. The Morgan fingerprint density at radius 2 is 0.881 bits per heavy atom. The van der Waals surface area contributed by atoms with E-state index in [2.05, 4.69) is 73.4 Å². The minimum atomic E-state index is 0.811. The number of ether oxygens (including phenoxy) is 2.